The number of pyridine rings is 1. The highest BCUT2D eigenvalue weighted by Crippen LogP contribution is 1.99. The maximum absolute atomic E-state index is 10.8. The summed E-state index contributed by atoms with van der Waals surface area (Å²) in [6.45, 7) is 0.241. The van der Waals surface area contributed by atoms with Crippen molar-refractivity contribution in [1.29, 1.82) is 0 Å². The van der Waals surface area contributed by atoms with Gasteiger partial charge in [0, 0.05) is 18.9 Å². The highest BCUT2D eigenvalue weighted by molar-refractivity contribution is 5.77. The van der Waals surface area contributed by atoms with E-state index in [4.69, 9.17) is 10.8 Å². The Morgan fingerprint density at radius 3 is 2.47 bits per heavy atom. The van der Waals surface area contributed by atoms with Gasteiger partial charge in [-0.05, 0) is 24.1 Å². The number of amides is 1. The minimum atomic E-state index is -0.971. The minimum Gasteiger partial charge on any atom is -0.480 e. The van der Waals surface area contributed by atoms with E-state index in [1.165, 1.54) is 4.90 Å². The third kappa shape index (κ3) is 5.62. The first kappa shape index (κ1) is 13.1. The Bertz CT molecular complexity index is 365. The van der Waals surface area contributed by atoms with E-state index in [-0.39, 0.29) is 13.1 Å². The first-order chi connectivity index (χ1) is 8.08. The molecule has 6 nitrogen and oxygen atoms in total. The van der Waals surface area contributed by atoms with Gasteiger partial charge in [0.05, 0.1) is 13.1 Å². The van der Waals surface area contributed by atoms with Crippen LogP contribution >= 0.6 is 0 Å². The van der Waals surface area contributed by atoms with Crippen LogP contribution in [0.25, 0.3) is 0 Å². The fraction of sp³-hybridized carbons (Fsp3) is 0.364. The van der Waals surface area contributed by atoms with Crippen molar-refractivity contribution < 1.29 is 14.7 Å². The molecule has 0 radical (unpaired) electrons. The molecule has 0 unspecified atom stereocenters. The van der Waals surface area contributed by atoms with Crippen molar-refractivity contribution in [1.82, 2.24) is 9.88 Å². The molecule has 92 valence electrons. The molecule has 1 aromatic heterocycles. The first-order valence-corrected chi connectivity index (χ1v) is 5.19. The molecule has 0 saturated carbocycles. The quantitative estimate of drug-likeness (QED) is 0.666. The van der Waals surface area contributed by atoms with Crippen LogP contribution in [-0.2, 0) is 16.0 Å². The molecule has 6 heteroatoms. The highest BCUT2D eigenvalue weighted by Gasteiger charge is 2.11. The summed E-state index contributed by atoms with van der Waals surface area (Å²) in [6, 6.07) is 3.70. The third-order valence-corrected chi connectivity index (χ3v) is 2.20. The Hall–Kier alpha value is -1.95. The number of nitrogens with zero attached hydrogens (tertiary/aromatic N) is 2. The van der Waals surface area contributed by atoms with Crippen LogP contribution in [0.5, 0.6) is 0 Å². The molecule has 0 aliphatic carbocycles. The Morgan fingerprint density at radius 1 is 1.29 bits per heavy atom. The largest absolute Gasteiger partial charge is 0.480 e. The molecular weight excluding hydrogens is 222 g/mol. The van der Waals surface area contributed by atoms with Gasteiger partial charge in [-0.3, -0.25) is 19.5 Å². The van der Waals surface area contributed by atoms with E-state index in [0.29, 0.717) is 13.0 Å². The lowest BCUT2D eigenvalue weighted by atomic mass is 10.2. The van der Waals surface area contributed by atoms with E-state index < -0.39 is 11.9 Å². The molecule has 17 heavy (non-hydrogen) atoms. The summed E-state index contributed by atoms with van der Waals surface area (Å²) in [6.07, 6.45) is 4.00. The number of nitrogens with two attached hydrogens (primary N) is 1. The Kier molecular flexibility index (Phi) is 5.09. The van der Waals surface area contributed by atoms with Gasteiger partial charge in [-0.15, -0.1) is 0 Å². The van der Waals surface area contributed by atoms with Crippen molar-refractivity contribution in [2.45, 2.75) is 6.42 Å². The van der Waals surface area contributed by atoms with Gasteiger partial charge in [-0.25, -0.2) is 0 Å². The lowest BCUT2D eigenvalue weighted by Crippen LogP contribution is -2.38. The zero-order valence-corrected chi connectivity index (χ0v) is 9.37. The van der Waals surface area contributed by atoms with Crippen LogP contribution in [0.3, 0.4) is 0 Å². The van der Waals surface area contributed by atoms with Gasteiger partial charge in [0.15, 0.2) is 0 Å². The molecule has 0 spiro atoms. The number of carbonyl (C=O) groups is 2. The van der Waals surface area contributed by atoms with Crippen molar-refractivity contribution in [3.63, 3.8) is 0 Å². The number of aromatic nitrogens is 1. The average molecular weight is 237 g/mol. The first-order valence-electron chi connectivity index (χ1n) is 5.19. The number of aliphatic carboxylic acids is 1. The van der Waals surface area contributed by atoms with Gasteiger partial charge in [-0.2, -0.15) is 0 Å². The van der Waals surface area contributed by atoms with Gasteiger partial charge >= 0.3 is 5.97 Å². The van der Waals surface area contributed by atoms with Crippen LogP contribution in [0.15, 0.2) is 24.5 Å². The minimum absolute atomic E-state index is 0.0443. The molecule has 1 aromatic rings. The molecule has 0 aliphatic heterocycles. The van der Waals surface area contributed by atoms with Crippen LogP contribution in [0.1, 0.15) is 5.56 Å². The number of carboxylic acid groups (broad SMARTS) is 1. The van der Waals surface area contributed by atoms with Crippen LogP contribution in [0.2, 0.25) is 0 Å². The van der Waals surface area contributed by atoms with Crippen LogP contribution in [0, 0.1) is 0 Å². The van der Waals surface area contributed by atoms with E-state index >= 15 is 0 Å². The van der Waals surface area contributed by atoms with Gasteiger partial charge in [0.25, 0.3) is 0 Å². The molecule has 1 heterocycles. The van der Waals surface area contributed by atoms with Gasteiger partial charge < -0.3 is 10.8 Å². The van der Waals surface area contributed by atoms with Crippen molar-refractivity contribution in [2.24, 2.45) is 5.73 Å². The summed E-state index contributed by atoms with van der Waals surface area (Å²) in [5.74, 6) is -1.50. The molecule has 0 saturated heterocycles. The van der Waals surface area contributed by atoms with Crippen LogP contribution in [-0.4, -0.2) is 46.5 Å². The lowest BCUT2D eigenvalue weighted by Gasteiger charge is -2.18. The second-order valence-electron chi connectivity index (χ2n) is 3.68. The molecule has 3 N–H and O–H groups in total. The van der Waals surface area contributed by atoms with Crippen molar-refractivity contribution >= 4 is 11.9 Å². The summed E-state index contributed by atoms with van der Waals surface area (Å²) in [5, 5.41) is 8.69. The standard InChI is InChI=1S/C11H15N3O3/c12-10(15)7-14(8-11(16)17)6-3-9-1-4-13-5-2-9/h1-2,4-5H,3,6-8H2,(H2,12,15)(H,16,17). The third-order valence-electron chi connectivity index (χ3n) is 2.20. The number of hydrogen-bond donors (Lipinski definition) is 2. The second kappa shape index (κ2) is 6.59. The van der Waals surface area contributed by atoms with E-state index in [2.05, 4.69) is 4.98 Å². The molecular formula is C11H15N3O3. The predicted octanol–water partition coefficient (Wildman–Crippen LogP) is -0.504. The molecule has 1 amide bonds. The van der Waals surface area contributed by atoms with E-state index in [9.17, 15) is 9.59 Å². The number of rotatable bonds is 7. The van der Waals surface area contributed by atoms with E-state index in [1.807, 2.05) is 12.1 Å². The van der Waals surface area contributed by atoms with E-state index in [1.54, 1.807) is 12.4 Å². The van der Waals surface area contributed by atoms with Gasteiger partial charge in [0.2, 0.25) is 5.91 Å². The van der Waals surface area contributed by atoms with Crippen molar-refractivity contribution in [3.05, 3.63) is 30.1 Å². The Balaban J connectivity index is 2.48. The number of carboxylic acids is 1. The summed E-state index contributed by atoms with van der Waals surface area (Å²) >= 11 is 0. The van der Waals surface area contributed by atoms with Crippen LogP contribution < -0.4 is 5.73 Å². The van der Waals surface area contributed by atoms with Crippen LogP contribution in [0.4, 0.5) is 0 Å². The summed E-state index contributed by atoms with van der Waals surface area (Å²) in [7, 11) is 0. The topological polar surface area (TPSA) is 96.5 Å². The smallest absolute Gasteiger partial charge is 0.317 e. The fourth-order valence-corrected chi connectivity index (χ4v) is 1.46. The number of carbonyl (C=O) groups excluding carboxylic acids is 1. The summed E-state index contributed by atoms with van der Waals surface area (Å²) in [4.78, 5) is 26.8. The normalized spacial score (nSPS) is 10.4. The highest BCUT2D eigenvalue weighted by atomic mass is 16.4. The summed E-state index contributed by atoms with van der Waals surface area (Å²) in [5.41, 5.74) is 6.10. The van der Waals surface area contributed by atoms with Crippen molar-refractivity contribution in [3.8, 4) is 0 Å². The monoisotopic (exact) mass is 237 g/mol. The summed E-state index contributed by atoms with van der Waals surface area (Å²) < 4.78 is 0. The lowest BCUT2D eigenvalue weighted by molar-refractivity contribution is -0.138. The SMILES string of the molecule is NC(=O)CN(CCc1ccncc1)CC(=O)O. The fourth-order valence-electron chi connectivity index (χ4n) is 1.46. The molecule has 0 atom stereocenters. The van der Waals surface area contributed by atoms with Gasteiger partial charge in [-0.1, -0.05) is 0 Å². The average Bonchev–Trinajstić information content (AvgIpc) is 2.26. The molecule has 0 bridgehead atoms. The molecule has 0 fully saturated rings. The zero-order valence-electron chi connectivity index (χ0n) is 9.37. The molecule has 0 aromatic carbocycles. The Labute approximate surface area is 99.1 Å². The molecule has 0 aliphatic rings. The Morgan fingerprint density at radius 2 is 1.94 bits per heavy atom. The second-order valence-corrected chi connectivity index (χ2v) is 3.68. The van der Waals surface area contributed by atoms with E-state index in [0.717, 1.165) is 5.56 Å². The molecule has 1 rings (SSSR count). The zero-order chi connectivity index (χ0) is 12.7. The van der Waals surface area contributed by atoms with Gasteiger partial charge in [0.1, 0.15) is 0 Å². The maximum Gasteiger partial charge on any atom is 0.317 e. The van der Waals surface area contributed by atoms with Crippen molar-refractivity contribution in [2.75, 3.05) is 19.6 Å². The number of hydrogen-bond acceptors (Lipinski definition) is 4. The predicted molar refractivity (Wildman–Crippen MR) is 61.2 cm³/mol. The maximum atomic E-state index is 10.8. The number of primary amides is 1.